The number of nitrogens with one attached hydrogen (secondary N) is 1. The third-order valence-electron chi connectivity index (χ3n) is 3.40. The van der Waals surface area contributed by atoms with Crippen LogP contribution in [-0.4, -0.2) is 31.6 Å². The van der Waals surface area contributed by atoms with E-state index in [2.05, 4.69) is 11.6 Å². The average molecular weight is 310 g/mol. The van der Waals surface area contributed by atoms with Crippen molar-refractivity contribution < 1.29 is 9.53 Å². The number of nitrogen functional groups attached to an aromatic ring is 1. The van der Waals surface area contributed by atoms with Gasteiger partial charge in [-0.2, -0.15) is 11.8 Å². The zero-order valence-corrected chi connectivity index (χ0v) is 14.0. The topological polar surface area (TPSA) is 64.3 Å². The Kier molecular flexibility index (Phi) is 8.05. The molecule has 0 aliphatic rings. The Hall–Kier alpha value is -1.36. The fourth-order valence-corrected chi connectivity index (χ4v) is 2.63. The van der Waals surface area contributed by atoms with Gasteiger partial charge in [0.2, 0.25) is 0 Å². The van der Waals surface area contributed by atoms with Crippen LogP contribution in [0.3, 0.4) is 0 Å². The van der Waals surface area contributed by atoms with Gasteiger partial charge in [-0.05, 0) is 49.5 Å². The Morgan fingerprint density at radius 1 is 1.29 bits per heavy atom. The van der Waals surface area contributed by atoms with Gasteiger partial charge in [-0.3, -0.25) is 0 Å². The van der Waals surface area contributed by atoms with Gasteiger partial charge in [-0.25, -0.2) is 4.79 Å². The van der Waals surface area contributed by atoms with Crippen LogP contribution in [0.1, 0.15) is 41.6 Å². The Balaban J connectivity index is 2.48. The smallest absolute Gasteiger partial charge is 0.340 e. The molecule has 1 aromatic carbocycles. The summed E-state index contributed by atoms with van der Waals surface area (Å²) in [6.45, 7) is 2.80. The van der Waals surface area contributed by atoms with Crippen LogP contribution < -0.4 is 11.1 Å². The average Bonchev–Trinajstić information content (AvgIpc) is 2.48. The zero-order chi connectivity index (χ0) is 15.7. The van der Waals surface area contributed by atoms with E-state index in [1.54, 1.807) is 6.07 Å². The number of carbonyl (C=O) groups excluding carboxylic acids is 1. The van der Waals surface area contributed by atoms with Crippen molar-refractivity contribution in [3.8, 4) is 0 Å². The molecule has 0 aliphatic carbocycles. The molecule has 3 N–H and O–H groups in total. The van der Waals surface area contributed by atoms with E-state index < -0.39 is 5.97 Å². The largest absolute Gasteiger partial charge is 0.465 e. The highest BCUT2D eigenvalue weighted by Gasteiger charge is 2.13. The number of anilines is 2. The van der Waals surface area contributed by atoms with Gasteiger partial charge < -0.3 is 15.8 Å². The van der Waals surface area contributed by atoms with E-state index in [1.807, 2.05) is 24.8 Å². The van der Waals surface area contributed by atoms with Crippen LogP contribution in [0.25, 0.3) is 0 Å². The van der Waals surface area contributed by atoms with Gasteiger partial charge in [0.05, 0.1) is 12.7 Å². The second kappa shape index (κ2) is 9.55. The summed E-state index contributed by atoms with van der Waals surface area (Å²) >= 11 is 1.90. The Morgan fingerprint density at radius 2 is 2.00 bits per heavy atom. The molecule has 0 aliphatic heterocycles. The standard InChI is InChI=1S/C16H26N2O2S/c1-12-10-13(11-14(15(12)17)16(19)20-2)18-8-6-4-5-7-9-21-3/h10-11,18H,4-9,17H2,1-3H3. The first-order chi connectivity index (χ1) is 10.1. The van der Waals surface area contributed by atoms with E-state index in [1.165, 1.54) is 32.1 Å². The van der Waals surface area contributed by atoms with Crippen molar-refractivity contribution in [3.05, 3.63) is 23.3 Å². The summed E-state index contributed by atoms with van der Waals surface area (Å²) in [6.07, 6.45) is 7.06. The number of aryl methyl sites for hydroxylation is 1. The first-order valence-electron chi connectivity index (χ1n) is 7.31. The Labute approximate surface area is 131 Å². The summed E-state index contributed by atoms with van der Waals surface area (Å²) in [6, 6.07) is 3.73. The molecule has 0 fully saturated rings. The number of hydrogen-bond acceptors (Lipinski definition) is 5. The van der Waals surface area contributed by atoms with Gasteiger partial charge in [0.15, 0.2) is 0 Å². The maximum Gasteiger partial charge on any atom is 0.340 e. The summed E-state index contributed by atoms with van der Waals surface area (Å²) in [4.78, 5) is 11.7. The first-order valence-corrected chi connectivity index (χ1v) is 8.70. The lowest BCUT2D eigenvalue weighted by molar-refractivity contribution is 0.0602. The lowest BCUT2D eigenvalue weighted by Gasteiger charge is -2.12. The minimum absolute atomic E-state index is 0.392. The molecular weight excluding hydrogens is 284 g/mol. The fraction of sp³-hybridized carbons (Fsp3) is 0.562. The van der Waals surface area contributed by atoms with E-state index in [4.69, 9.17) is 10.5 Å². The molecule has 1 rings (SSSR count). The third-order valence-corrected chi connectivity index (χ3v) is 4.09. The summed E-state index contributed by atoms with van der Waals surface area (Å²) in [5.41, 5.74) is 8.65. The van der Waals surface area contributed by atoms with Crippen molar-refractivity contribution in [2.24, 2.45) is 0 Å². The van der Waals surface area contributed by atoms with Crippen LogP contribution in [0.4, 0.5) is 11.4 Å². The highest BCUT2D eigenvalue weighted by molar-refractivity contribution is 7.98. The number of nitrogens with two attached hydrogens (primary N) is 1. The van der Waals surface area contributed by atoms with Crippen LogP contribution in [0, 0.1) is 6.92 Å². The minimum Gasteiger partial charge on any atom is -0.465 e. The van der Waals surface area contributed by atoms with E-state index in [-0.39, 0.29) is 0 Å². The molecule has 0 saturated heterocycles. The second-order valence-corrected chi connectivity index (χ2v) is 6.07. The van der Waals surface area contributed by atoms with Gasteiger partial charge in [0.25, 0.3) is 0 Å². The molecule has 118 valence electrons. The molecule has 0 amide bonds. The summed E-state index contributed by atoms with van der Waals surface area (Å²) in [5.74, 6) is 0.851. The van der Waals surface area contributed by atoms with Crippen molar-refractivity contribution >= 4 is 29.1 Å². The van der Waals surface area contributed by atoms with E-state index >= 15 is 0 Å². The maximum absolute atomic E-state index is 11.7. The van der Waals surface area contributed by atoms with Gasteiger partial charge in [0.1, 0.15) is 0 Å². The predicted octanol–water partition coefficient (Wildman–Crippen LogP) is 3.70. The quantitative estimate of drug-likeness (QED) is 0.414. The molecule has 0 saturated carbocycles. The molecule has 0 aromatic heterocycles. The molecule has 0 heterocycles. The lowest BCUT2D eigenvalue weighted by Crippen LogP contribution is -2.09. The van der Waals surface area contributed by atoms with Crippen molar-refractivity contribution in [1.29, 1.82) is 0 Å². The number of thioether (sulfide) groups is 1. The number of rotatable bonds is 9. The van der Waals surface area contributed by atoms with Crippen LogP contribution in [0.15, 0.2) is 12.1 Å². The van der Waals surface area contributed by atoms with Crippen LogP contribution in [-0.2, 0) is 4.74 Å². The van der Waals surface area contributed by atoms with Crippen molar-refractivity contribution in [1.82, 2.24) is 0 Å². The fourth-order valence-electron chi connectivity index (χ4n) is 2.14. The maximum atomic E-state index is 11.7. The van der Waals surface area contributed by atoms with Crippen LogP contribution in [0.5, 0.6) is 0 Å². The molecule has 21 heavy (non-hydrogen) atoms. The number of esters is 1. The number of hydrogen-bond donors (Lipinski definition) is 2. The number of methoxy groups -OCH3 is 1. The second-order valence-electron chi connectivity index (χ2n) is 5.08. The number of unbranched alkanes of at least 4 members (excludes halogenated alkanes) is 3. The van der Waals surface area contributed by atoms with Gasteiger partial charge in [-0.1, -0.05) is 12.8 Å². The molecule has 0 unspecified atom stereocenters. The highest BCUT2D eigenvalue weighted by atomic mass is 32.2. The molecule has 5 heteroatoms. The van der Waals surface area contributed by atoms with Gasteiger partial charge in [0, 0.05) is 17.9 Å². The third kappa shape index (κ3) is 5.87. The van der Waals surface area contributed by atoms with Crippen LogP contribution >= 0.6 is 11.8 Å². The van der Waals surface area contributed by atoms with Gasteiger partial charge >= 0.3 is 5.97 Å². The van der Waals surface area contributed by atoms with Gasteiger partial charge in [-0.15, -0.1) is 0 Å². The molecular formula is C16H26N2O2S. The highest BCUT2D eigenvalue weighted by Crippen LogP contribution is 2.23. The van der Waals surface area contributed by atoms with Crippen LogP contribution in [0.2, 0.25) is 0 Å². The number of ether oxygens (including phenoxy) is 1. The SMILES string of the molecule is COC(=O)c1cc(NCCCCCCSC)cc(C)c1N. The Bertz CT molecular complexity index is 464. The molecule has 0 bridgehead atoms. The molecule has 1 aromatic rings. The first kappa shape index (κ1) is 17.7. The van der Waals surface area contributed by atoms with Crippen molar-refractivity contribution in [2.75, 3.05) is 36.7 Å². The lowest BCUT2D eigenvalue weighted by atomic mass is 10.1. The summed E-state index contributed by atoms with van der Waals surface area (Å²) in [7, 11) is 1.37. The van der Waals surface area contributed by atoms with E-state index in [9.17, 15) is 4.79 Å². The minimum atomic E-state index is -0.392. The Morgan fingerprint density at radius 3 is 2.67 bits per heavy atom. The molecule has 4 nitrogen and oxygen atoms in total. The van der Waals surface area contributed by atoms with Crippen molar-refractivity contribution in [2.45, 2.75) is 32.6 Å². The summed E-state index contributed by atoms with van der Waals surface area (Å²) < 4.78 is 4.76. The van der Waals surface area contributed by atoms with E-state index in [0.29, 0.717) is 11.3 Å². The predicted molar refractivity (Wildman–Crippen MR) is 92.3 cm³/mol. The molecule has 0 atom stereocenters. The van der Waals surface area contributed by atoms with E-state index in [0.717, 1.165) is 24.2 Å². The monoisotopic (exact) mass is 310 g/mol. The normalized spacial score (nSPS) is 10.4. The summed E-state index contributed by atoms with van der Waals surface area (Å²) in [5, 5.41) is 3.35. The number of carbonyl (C=O) groups is 1. The molecule has 0 radical (unpaired) electrons. The van der Waals surface area contributed by atoms with Crippen molar-refractivity contribution in [3.63, 3.8) is 0 Å². The zero-order valence-electron chi connectivity index (χ0n) is 13.2. The molecule has 0 spiro atoms. The number of benzene rings is 1.